The van der Waals surface area contributed by atoms with Crippen molar-refractivity contribution in [3.8, 4) is 11.5 Å². The highest BCUT2D eigenvalue weighted by Crippen LogP contribution is 2.20. The smallest absolute Gasteiger partial charge is 0.251 e. The molecule has 0 aliphatic carbocycles. The normalized spacial score (nSPS) is 10.1. The molecule has 0 fully saturated rings. The summed E-state index contributed by atoms with van der Waals surface area (Å²) in [7, 11) is 0. The van der Waals surface area contributed by atoms with E-state index in [1.165, 1.54) is 18.2 Å². The summed E-state index contributed by atoms with van der Waals surface area (Å²) in [6, 6.07) is 9.37. The standard InChI is InChI=1S/C14H14N2O3/c17-12-7-10(8-13(18)9-12)14(19)16-6-4-11-3-1-2-5-15-11/h1-3,5,7-9,17-18H,4,6H2,(H,16,19). The second-order valence-electron chi connectivity index (χ2n) is 4.07. The summed E-state index contributed by atoms with van der Waals surface area (Å²) in [5, 5.41) is 21.3. The van der Waals surface area contributed by atoms with Crippen LogP contribution in [-0.4, -0.2) is 27.6 Å². The maximum absolute atomic E-state index is 11.8. The van der Waals surface area contributed by atoms with Crippen molar-refractivity contribution in [3.05, 3.63) is 53.9 Å². The highest BCUT2D eigenvalue weighted by molar-refractivity contribution is 5.95. The van der Waals surface area contributed by atoms with Crippen molar-refractivity contribution in [2.24, 2.45) is 0 Å². The van der Waals surface area contributed by atoms with Crippen LogP contribution in [0.2, 0.25) is 0 Å². The van der Waals surface area contributed by atoms with Crippen LogP contribution in [0.15, 0.2) is 42.6 Å². The average Bonchev–Trinajstić information content (AvgIpc) is 2.38. The number of aromatic nitrogens is 1. The van der Waals surface area contributed by atoms with Crippen LogP contribution in [0, 0.1) is 0 Å². The Labute approximate surface area is 110 Å². The van der Waals surface area contributed by atoms with Crippen LogP contribution in [-0.2, 0) is 6.42 Å². The summed E-state index contributed by atoms with van der Waals surface area (Å²) >= 11 is 0. The summed E-state index contributed by atoms with van der Waals surface area (Å²) in [4.78, 5) is 15.9. The number of hydrogen-bond acceptors (Lipinski definition) is 4. The maximum Gasteiger partial charge on any atom is 0.251 e. The molecule has 0 aliphatic rings. The molecule has 1 aromatic heterocycles. The highest BCUT2D eigenvalue weighted by Gasteiger charge is 2.07. The molecular formula is C14H14N2O3. The van der Waals surface area contributed by atoms with Gasteiger partial charge in [0.2, 0.25) is 0 Å². The maximum atomic E-state index is 11.8. The minimum Gasteiger partial charge on any atom is -0.508 e. The third-order valence-corrected chi connectivity index (χ3v) is 2.56. The van der Waals surface area contributed by atoms with Crippen molar-refractivity contribution < 1.29 is 15.0 Å². The Morgan fingerprint density at radius 2 is 1.89 bits per heavy atom. The molecule has 2 aromatic rings. The summed E-state index contributed by atoms with van der Waals surface area (Å²) in [5.41, 5.74) is 1.11. The monoisotopic (exact) mass is 258 g/mol. The molecule has 5 heteroatoms. The minimum atomic E-state index is -0.345. The number of aromatic hydroxyl groups is 2. The van der Waals surface area contributed by atoms with E-state index < -0.39 is 0 Å². The van der Waals surface area contributed by atoms with Crippen molar-refractivity contribution in [3.63, 3.8) is 0 Å². The van der Waals surface area contributed by atoms with Gasteiger partial charge in [0.15, 0.2) is 0 Å². The Morgan fingerprint density at radius 3 is 2.53 bits per heavy atom. The second-order valence-corrected chi connectivity index (χ2v) is 4.07. The lowest BCUT2D eigenvalue weighted by Gasteiger charge is -2.06. The zero-order valence-electron chi connectivity index (χ0n) is 10.2. The molecule has 0 atom stereocenters. The summed E-state index contributed by atoms with van der Waals surface area (Å²) in [6.45, 7) is 0.437. The first-order chi connectivity index (χ1) is 9.15. The van der Waals surface area contributed by atoms with E-state index >= 15 is 0 Å². The van der Waals surface area contributed by atoms with E-state index in [1.807, 2.05) is 18.2 Å². The molecule has 2 rings (SSSR count). The Morgan fingerprint density at radius 1 is 1.16 bits per heavy atom. The lowest BCUT2D eigenvalue weighted by molar-refractivity contribution is 0.0953. The van der Waals surface area contributed by atoms with Crippen LogP contribution in [0.5, 0.6) is 11.5 Å². The van der Waals surface area contributed by atoms with E-state index in [2.05, 4.69) is 10.3 Å². The zero-order chi connectivity index (χ0) is 13.7. The number of carbonyl (C=O) groups is 1. The summed E-state index contributed by atoms with van der Waals surface area (Å²) in [5.74, 6) is -0.633. The lowest BCUT2D eigenvalue weighted by Crippen LogP contribution is -2.25. The van der Waals surface area contributed by atoms with Gasteiger partial charge in [-0.2, -0.15) is 0 Å². The van der Waals surface area contributed by atoms with Gasteiger partial charge in [0, 0.05) is 36.5 Å². The number of benzene rings is 1. The fourth-order valence-electron chi connectivity index (χ4n) is 1.68. The van der Waals surface area contributed by atoms with Gasteiger partial charge in [-0.25, -0.2) is 0 Å². The number of pyridine rings is 1. The van der Waals surface area contributed by atoms with Crippen molar-refractivity contribution in [1.29, 1.82) is 0 Å². The molecule has 19 heavy (non-hydrogen) atoms. The van der Waals surface area contributed by atoms with Gasteiger partial charge in [-0.05, 0) is 24.3 Å². The Bertz CT molecular complexity index is 550. The largest absolute Gasteiger partial charge is 0.508 e. The molecule has 0 aliphatic heterocycles. The number of phenolic OH excluding ortho intramolecular Hbond substituents is 2. The van der Waals surface area contributed by atoms with Gasteiger partial charge in [0.05, 0.1) is 0 Å². The molecule has 1 aromatic carbocycles. The lowest BCUT2D eigenvalue weighted by atomic mass is 10.2. The predicted molar refractivity (Wildman–Crippen MR) is 70.0 cm³/mol. The number of rotatable bonds is 4. The number of nitrogens with one attached hydrogen (secondary N) is 1. The van der Waals surface area contributed by atoms with Crippen molar-refractivity contribution in [1.82, 2.24) is 10.3 Å². The van der Waals surface area contributed by atoms with Gasteiger partial charge in [0.1, 0.15) is 11.5 Å². The molecule has 0 spiro atoms. The van der Waals surface area contributed by atoms with Crippen LogP contribution in [0.25, 0.3) is 0 Å². The summed E-state index contributed by atoms with van der Waals surface area (Å²) in [6.07, 6.45) is 2.32. The van der Waals surface area contributed by atoms with Gasteiger partial charge < -0.3 is 15.5 Å². The van der Waals surface area contributed by atoms with Gasteiger partial charge in [-0.15, -0.1) is 0 Å². The van der Waals surface area contributed by atoms with E-state index in [0.29, 0.717) is 13.0 Å². The molecule has 3 N–H and O–H groups in total. The number of hydrogen-bond donors (Lipinski definition) is 3. The first kappa shape index (κ1) is 12.9. The number of nitrogens with zero attached hydrogens (tertiary/aromatic N) is 1. The third kappa shape index (κ3) is 3.70. The van der Waals surface area contributed by atoms with Crippen molar-refractivity contribution in [2.75, 3.05) is 6.54 Å². The van der Waals surface area contributed by atoms with Crippen molar-refractivity contribution in [2.45, 2.75) is 6.42 Å². The molecule has 0 bridgehead atoms. The van der Waals surface area contributed by atoms with E-state index in [9.17, 15) is 15.0 Å². The van der Waals surface area contributed by atoms with E-state index in [4.69, 9.17) is 0 Å². The second kappa shape index (κ2) is 5.86. The quantitative estimate of drug-likeness (QED) is 0.775. The Balaban J connectivity index is 1.91. The van der Waals surface area contributed by atoms with Gasteiger partial charge in [0.25, 0.3) is 5.91 Å². The molecular weight excluding hydrogens is 244 g/mol. The third-order valence-electron chi connectivity index (χ3n) is 2.56. The molecule has 0 saturated carbocycles. The molecule has 0 radical (unpaired) electrons. The van der Waals surface area contributed by atoms with E-state index in [1.54, 1.807) is 6.20 Å². The zero-order valence-corrected chi connectivity index (χ0v) is 10.2. The average molecular weight is 258 g/mol. The first-order valence-corrected chi connectivity index (χ1v) is 5.86. The highest BCUT2D eigenvalue weighted by atomic mass is 16.3. The minimum absolute atomic E-state index is 0.144. The topological polar surface area (TPSA) is 82.5 Å². The molecule has 5 nitrogen and oxygen atoms in total. The SMILES string of the molecule is O=C(NCCc1ccccn1)c1cc(O)cc(O)c1. The van der Waals surface area contributed by atoms with Crippen LogP contribution >= 0.6 is 0 Å². The van der Waals surface area contributed by atoms with Crippen molar-refractivity contribution >= 4 is 5.91 Å². The van der Waals surface area contributed by atoms with Crippen LogP contribution < -0.4 is 5.32 Å². The van der Waals surface area contributed by atoms with Crippen LogP contribution in [0.3, 0.4) is 0 Å². The fraction of sp³-hybridized carbons (Fsp3) is 0.143. The fourth-order valence-corrected chi connectivity index (χ4v) is 1.68. The number of carbonyl (C=O) groups excluding carboxylic acids is 1. The van der Waals surface area contributed by atoms with Gasteiger partial charge in [-0.1, -0.05) is 6.07 Å². The number of amides is 1. The molecule has 98 valence electrons. The summed E-state index contributed by atoms with van der Waals surface area (Å²) < 4.78 is 0. The Hall–Kier alpha value is -2.56. The molecule has 0 saturated heterocycles. The van der Waals surface area contributed by atoms with E-state index in [0.717, 1.165) is 5.69 Å². The first-order valence-electron chi connectivity index (χ1n) is 5.86. The number of phenols is 2. The molecule has 1 amide bonds. The molecule has 0 unspecified atom stereocenters. The van der Waals surface area contributed by atoms with Crippen LogP contribution in [0.1, 0.15) is 16.1 Å². The van der Waals surface area contributed by atoms with Crippen LogP contribution in [0.4, 0.5) is 0 Å². The van der Waals surface area contributed by atoms with E-state index in [-0.39, 0.29) is 23.0 Å². The Kier molecular flexibility index (Phi) is 3.97. The van der Waals surface area contributed by atoms with Gasteiger partial charge in [-0.3, -0.25) is 9.78 Å². The molecule has 1 heterocycles. The van der Waals surface area contributed by atoms with Gasteiger partial charge >= 0.3 is 0 Å². The predicted octanol–water partition coefficient (Wildman–Crippen LogP) is 1.47.